The molecule has 1 N–H and O–H groups in total. The maximum absolute atomic E-state index is 13.0. The van der Waals surface area contributed by atoms with Crippen molar-refractivity contribution in [2.24, 2.45) is 0 Å². The molecule has 4 rings (SSSR count). The lowest BCUT2D eigenvalue weighted by Gasteiger charge is -2.34. The second-order valence-corrected chi connectivity index (χ2v) is 7.34. The minimum atomic E-state index is -0.885. The van der Waals surface area contributed by atoms with Crippen LogP contribution in [0.1, 0.15) is 24.2 Å². The van der Waals surface area contributed by atoms with Crippen LogP contribution in [0.25, 0.3) is 0 Å². The largest absolute Gasteiger partial charge is 0.454 e. The fraction of sp³-hybridized carbons (Fsp3) is 0.364. The molecule has 1 fully saturated rings. The van der Waals surface area contributed by atoms with Crippen molar-refractivity contribution in [1.29, 1.82) is 0 Å². The van der Waals surface area contributed by atoms with E-state index < -0.39 is 12.1 Å². The average Bonchev–Trinajstić information content (AvgIpc) is 3.20. The molecule has 29 heavy (non-hydrogen) atoms. The number of rotatable bonds is 5. The molecule has 0 saturated carbocycles. The Hall–Kier alpha value is -3.06. The lowest BCUT2D eigenvalue weighted by Crippen LogP contribution is -3.13. The summed E-state index contributed by atoms with van der Waals surface area (Å²) in [4.78, 5) is 27.8. The smallest absolute Gasteiger partial charge is 0.303 e. The molecule has 2 heterocycles. The number of fused-ring (bicyclic) bond motifs is 1. The molecule has 152 valence electrons. The van der Waals surface area contributed by atoms with Crippen molar-refractivity contribution in [2.75, 3.05) is 33.0 Å². The Bertz CT molecular complexity index is 878. The summed E-state index contributed by atoms with van der Waals surface area (Å²) in [5.41, 5.74) is 1.88. The first-order valence-electron chi connectivity index (χ1n) is 9.83. The Balaban J connectivity index is 1.36. The van der Waals surface area contributed by atoms with Gasteiger partial charge < -0.3 is 24.0 Å². The first-order chi connectivity index (χ1) is 14.1. The summed E-state index contributed by atoms with van der Waals surface area (Å²) >= 11 is 0. The van der Waals surface area contributed by atoms with E-state index in [0.717, 1.165) is 31.1 Å². The summed E-state index contributed by atoms with van der Waals surface area (Å²) in [6.07, 6.45) is -0.885. The van der Waals surface area contributed by atoms with Crippen LogP contribution in [0.5, 0.6) is 11.5 Å². The number of nitrogens with one attached hydrogen (secondary N) is 1. The van der Waals surface area contributed by atoms with E-state index in [1.54, 1.807) is 4.90 Å². The standard InChI is InChI=1S/C22H24N2O5/c1-16(25)29-21(18-5-3-2-4-6-18)22(26)24-11-9-23(10-12-24)14-17-7-8-19-20(13-17)28-15-27-19/h2-8,13,21H,9-12,14-15H2,1H3/p+1/t21-/m1/s1. The summed E-state index contributed by atoms with van der Waals surface area (Å²) in [5, 5.41) is 0. The predicted octanol–water partition coefficient (Wildman–Crippen LogP) is 0.947. The highest BCUT2D eigenvalue weighted by atomic mass is 16.7. The lowest BCUT2D eigenvalue weighted by atomic mass is 10.1. The molecule has 7 heteroatoms. The number of piperazine rings is 1. The number of hydrogen-bond donors (Lipinski definition) is 1. The molecular formula is C22H25N2O5+. The van der Waals surface area contributed by atoms with Crippen LogP contribution in [0.2, 0.25) is 0 Å². The van der Waals surface area contributed by atoms with Gasteiger partial charge in [-0.2, -0.15) is 0 Å². The van der Waals surface area contributed by atoms with Crippen molar-refractivity contribution in [3.05, 3.63) is 59.7 Å². The number of carbonyl (C=O) groups excluding carboxylic acids is 2. The van der Waals surface area contributed by atoms with Gasteiger partial charge in [0.25, 0.3) is 5.91 Å². The highest BCUT2D eigenvalue weighted by Crippen LogP contribution is 2.32. The number of benzene rings is 2. The summed E-state index contributed by atoms with van der Waals surface area (Å²) < 4.78 is 16.2. The molecule has 0 unspecified atom stereocenters. The van der Waals surface area contributed by atoms with Gasteiger partial charge in [-0.1, -0.05) is 30.3 Å². The van der Waals surface area contributed by atoms with Crippen molar-refractivity contribution >= 4 is 11.9 Å². The van der Waals surface area contributed by atoms with Crippen LogP contribution < -0.4 is 14.4 Å². The molecule has 0 radical (unpaired) electrons. The molecule has 7 nitrogen and oxygen atoms in total. The predicted molar refractivity (Wildman–Crippen MR) is 104 cm³/mol. The molecule has 0 aliphatic carbocycles. The van der Waals surface area contributed by atoms with Crippen molar-refractivity contribution in [2.45, 2.75) is 19.6 Å². The molecule has 2 aliphatic heterocycles. The lowest BCUT2D eigenvalue weighted by molar-refractivity contribution is -0.917. The van der Waals surface area contributed by atoms with E-state index in [2.05, 4.69) is 6.07 Å². The average molecular weight is 397 g/mol. The zero-order valence-electron chi connectivity index (χ0n) is 16.4. The molecule has 1 saturated heterocycles. The summed E-state index contributed by atoms with van der Waals surface area (Å²) in [6.45, 7) is 5.40. The third kappa shape index (κ3) is 4.51. The van der Waals surface area contributed by atoms with E-state index in [1.807, 2.05) is 42.5 Å². The van der Waals surface area contributed by atoms with Crippen LogP contribution in [-0.4, -0.2) is 49.7 Å². The van der Waals surface area contributed by atoms with Crippen LogP contribution >= 0.6 is 0 Å². The van der Waals surface area contributed by atoms with E-state index in [4.69, 9.17) is 14.2 Å². The Morgan fingerprint density at radius 2 is 1.79 bits per heavy atom. The quantitative estimate of drug-likeness (QED) is 0.761. The molecular weight excluding hydrogens is 372 g/mol. The highest BCUT2D eigenvalue weighted by Gasteiger charge is 2.32. The third-order valence-electron chi connectivity index (χ3n) is 5.28. The normalized spacial score (nSPS) is 17.1. The number of esters is 1. The SMILES string of the molecule is CC(=O)O[C@@H](C(=O)N1CC[NH+](Cc2ccc3c(c2)OCO3)CC1)c1ccccc1. The molecule has 2 aromatic carbocycles. The topological polar surface area (TPSA) is 69.5 Å². The second-order valence-electron chi connectivity index (χ2n) is 7.34. The molecule has 1 amide bonds. The third-order valence-corrected chi connectivity index (χ3v) is 5.28. The van der Waals surface area contributed by atoms with Gasteiger partial charge in [0.2, 0.25) is 12.9 Å². The molecule has 1 atom stereocenters. The van der Waals surface area contributed by atoms with Crippen molar-refractivity contribution in [3.63, 3.8) is 0 Å². The van der Waals surface area contributed by atoms with E-state index >= 15 is 0 Å². The van der Waals surface area contributed by atoms with Crippen molar-refractivity contribution < 1.29 is 28.7 Å². The Morgan fingerprint density at radius 3 is 2.52 bits per heavy atom. The Morgan fingerprint density at radius 1 is 1.07 bits per heavy atom. The number of hydrogen-bond acceptors (Lipinski definition) is 5. The van der Waals surface area contributed by atoms with Gasteiger partial charge in [-0.25, -0.2) is 0 Å². The van der Waals surface area contributed by atoms with Gasteiger partial charge in [-0.15, -0.1) is 0 Å². The molecule has 0 bridgehead atoms. The summed E-state index contributed by atoms with van der Waals surface area (Å²) in [7, 11) is 0. The maximum Gasteiger partial charge on any atom is 0.303 e. The fourth-order valence-electron chi connectivity index (χ4n) is 3.78. The fourth-order valence-corrected chi connectivity index (χ4v) is 3.78. The van der Waals surface area contributed by atoms with Gasteiger partial charge in [-0.3, -0.25) is 9.59 Å². The van der Waals surface area contributed by atoms with Gasteiger partial charge in [0.1, 0.15) is 6.54 Å². The van der Waals surface area contributed by atoms with E-state index in [0.29, 0.717) is 18.7 Å². The zero-order chi connectivity index (χ0) is 20.2. The highest BCUT2D eigenvalue weighted by molar-refractivity contribution is 5.84. The van der Waals surface area contributed by atoms with Crippen molar-refractivity contribution in [1.82, 2.24) is 4.90 Å². The minimum Gasteiger partial charge on any atom is -0.454 e. The number of nitrogens with zero attached hydrogens (tertiary/aromatic N) is 1. The number of ether oxygens (including phenoxy) is 3. The number of carbonyl (C=O) groups is 2. The molecule has 2 aromatic rings. The van der Waals surface area contributed by atoms with Gasteiger partial charge in [-0.05, 0) is 18.2 Å². The maximum atomic E-state index is 13.0. The van der Waals surface area contributed by atoms with Crippen LogP contribution in [-0.2, 0) is 20.9 Å². The monoisotopic (exact) mass is 397 g/mol. The van der Waals surface area contributed by atoms with E-state index in [9.17, 15) is 9.59 Å². The van der Waals surface area contributed by atoms with Gasteiger partial charge in [0.15, 0.2) is 11.5 Å². The van der Waals surface area contributed by atoms with Crippen LogP contribution in [0, 0.1) is 0 Å². The Kier molecular flexibility index (Phi) is 5.67. The Labute approximate surface area is 169 Å². The minimum absolute atomic E-state index is 0.159. The first kappa shape index (κ1) is 19.3. The summed E-state index contributed by atoms with van der Waals surface area (Å²) in [6, 6.07) is 15.2. The second kappa shape index (κ2) is 8.53. The van der Waals surface area contributed by atoms with Gasteiger partial charge in [0, 0.05) is 18.1 Å². The number of amides is 1. The van der Waals surface area contributed by atoms with Crippen LogP contribution in [0.4, 0.5) is 0 Å². The zero-order valence-corrected chi connectivity index (χ0v) is 16.4. The van der Waals surface area contributed by atoms with Crippen molar-refractivity contribution in [3.8, 4) is 11.5 Å². The van der Waals surface area contributed by atoms with Crippen LogP contribution in [0.15, 0.2) is 48.5 Å². The van der Waals surface area contributed by atoms with E-state index in [1.165, 1.54) is 17.4 Å². The van der Waals surface area contributed by atoms with E-state index in [-0.39, 0.29) is 12.7 Å². The molecule has 0 spiro atoms. The number of quaternary nitrogens is 1. The van der Waals surface area contributed by atoms with Crippen LogP contribution in [0.3, 0.4) is 0 Å². The van der Waals surface area contributed by atoms with Gasteiger partial charge >= 0.3 is 5.97 Å². The van der Waals surface area contributed by atoms with Gasteiger partial charge in [0.05, 0.1) is 26.2 Å². The summed E-state index contributed by atoms with van der Waals surface area (Å²) in [5.74, 6) is 0.965. The molecule has 2 aliphatic rings. The molecule has 0 aromatic heterocycles. The first-order valence-corrected chi connectivity index (χ1v) is 9.83.